The monoisotopic (exact) mass is 450 g/mol. The minimum absolute atomic E-state index is 0.00837. The first-order valence-corrected chi connectivity index (χ1v) is 9.31. The fraction of sp³-hybridized carbons (Fsp3) is 0.190. The van der Waals surface area contributed by atoms with E-state index in [9.17, 15) is 26.7 Å². The summed E-state index contributed by atoms with van der Waals surface area (Å²) in [6, 6.07) is 8.81. The standard InChI is InChI=1S/C21H15F5N4O2/c1-11-18-12(19(22)23)9-15(16-7-4-8-32-16)28-20(18)30(29-11)10-17(31)27-14-6-3-2-5-13(14)21(24,25)26/h2-9,19H,10H2,1H3,(H,27,31). The van der Waals surface area contributed by atoms with Gasteiger partial charge in [0.25, 0.3) is 6.43 Å². The Balaban J connectivity index is 1.72. The summed E-state index contributed by atoms with van der Waals surface area (Å²) in [7, 11) is 0. The summed E-state index contributed by atoms with van der Waals surface area (Å²) in [5, 5.41) is 6.39. The summed E-state index contributed by atoms with van der Waals surface area (Å²) in [6.07, 6.45) is -6.15. The fourth-order valence-electron chi connectivity index (χ4n) is 3.38. The molecule has 0 aliphatic heterocycles. The second-order valence-corrected chi connectivity index (χ2v) is 6.91. The number of halogens is 5. The molecule has 0 aliphatic rings. The molecule has 166 valence electrons. The number of aromatic nitrogens is 3. The number of alkyl halides is 5. The Morgan fingerprint density at radius 1 is 1.19 bits per heavy atom. The average molecular weight is 450 g/mol. The van der Waals surface area contributed by atoms with E-state index in [2.05, 4.69) is 15.4 Å². The number of carbonyl (C=O) groups excluding carboxylic acids is 1. The number of para-hydroxylation sites is 1. The maximum Gasteiger partial charge on any atom is 0.418 e. The molecule has 0 bridgehead atoms. The van der Waals surface area contributed by atoms with Gasteiger partial charge in [0.2, 0.25) is 5.91 Å². The van der Waals surface area contributed by atoms with E-state index < -0.39 is 36.3 Å². The largest absolute Gasteiger partial charge is 0.463 e. The number of aryl methyl sites for hydroxylation is 1. The normalized spacial score (nSPS) is 12.0. The predicted molar refractivity (Wildman–Crippen MR) is 105 cm³/mol. The molecule has 4 aromatic rings. The van der Waals surface area contributed by atoms with Crippen LogP contribution in [0.1, 0.15) is 23.2 Å². The van der Waals surface area contributed by atoms with E-state index in [4.69, 9.17) is 4.42 Å². The molecule has 0 unspecified atom stereocenters. The van der Waals surface area contributed by atoms with Gasteiger partial charge in [-0.15, -0.1) is 0 Å². The number of hydrogen-bond donors (Lipinski definition) is 1. The molecule has 3 heterocycles. The minimum atomic E-state index is -4.66. The molecular weight excluding hydrogens is 435 g/mol. The van der Waals surface area contributed by atoms with E-state index in [-0.39, 0.29) is 33.7 Å². The average Bonchev–Trinajstić information content (AvgIpc) is 3.36. The third-order valence-electron chi connectivity index (χ3n) is 4.72. The fourth-order valence-corrected chi connectivity index (χ4v) is 3.38. The predicted octanol–water partition coefficient (Wildman–Crippen LogP) is 5.59. The number of furan rings is 1. The number of nitrogens with one attached hydrogen (secondary N) is 1. The Kier molecular flexibility index (Phi) is 5.41. The number of fused-ring (bicyclic) bond motifs is 1. The first-order valence-electron chi connectivity index (χ1n) is 9.31. The summed E-state index contributed by atoms with van der Waals surface area (Å²) in [5.41, 5.74) is -1.46. The van der Waals surface area contributed by atoms with E-state index in [1.807, 2.05) is 0 Å². The van der Waals surface area contributed by atoms with Crippen LogP contribution in [0.15, 0.2) is 53.1 Å². The number of carbonyl (C=O) groups is 1. The Morgan fingerprint density at radius 2 is 1.94 bits per heavy atom. The lowest BCUT2D eigenvalue weighted by molar-refractivity contribution is -0.137. The lowest BCUT2D eigenvalue weighted by atomic mass is 10.1. The van der Waals surface area contributed by atoms with Crippen LogP contribution in [0, 0.1) is 6.92 Å². The summed E-state index contributed by atoms with van der Waals surface area (Å²) in [6.45, 7) is 0.948. The van der Waals surface area contributed by atoms with Crippen molar-refractivity contribution < 1.29 is 31.2 Å². The molecular formula is C21H15F5N4O2. The highest BCUT2D eigenvalue weighted by molar-refractivity contribution is 5.93. The van der Waals surface area contributed by atoms with Crippen LogP contribution in [0.5, 0.6) is 0 Å². The van der Waals surface area contributed by atoms with Gasteiger partial charge < -0.3 is 9.73 Å². The van der Waals surface area contributed by atoms with Crippen molar-refractivity contribution in [3.63, 3.8) is 0 Å². The van der Waals surface area contributed by atoms with E-state index >= 15 is 0 Å². The second kappa shape index (κ2) is 8.06. The Labute approximate surface area is 177 Å². The molecule has 0 spiro atoms. The summed E-state index contributed by atoms with van der Waals surface area (Å²) in [5.74, 6) is -0.586. The third-order valence-corrected chi connectivity index (χ3v) is 4.72. The van der Waals surface area contributed by atoms with E-state index in [0.717, 1.165) is 16.8 Å². The molecule has 0 saturated carbocycles. The van der Waals surface area contributed by atoms with E-state index in [1.54, 1.807) is 6.07 Å². The number of pyridine rings is 1. The first-order chi connectivity index (χ1) is 15.1. The van der Waals surface area contributed by atoms with Crippen LogP contribution in [0.4, 0.5) is 27.6 Å². The van der Waals surface area contributed by atoms with Crippen molar-refractivity contribution >= 4 is 22.6 Å². The highest BCUT2D eigenvalue weighted by atomic mass is 19.4. The van der Waals surface area contributed by atoms with E-state index in [1.165, 1.54) is 37.5 Å². The van der Waals surface area contributed by atoms with Gasteiger partial charge >= 0.3 is 6.18 Å². The van der Waals surface area contributed by atoms with Gasteiger partial charge in [-0.1, -0.05) is 12.1 Å². The Bertz CT molecular complexity index is 1280. The number of nitrogens with zero attached hydrogens (tertiary/aromatic N) is 3. The van der Waals surface area contributed by atoms with Gasteiger partial charge in [0.1, 0.15) is 12.2 Å². The molecule has 3 aromatic heterocycles. The molecule has 11 heteroatoms. The topological polar surface area (TPSA) is 73.0 Å². The number of anilines is 1. The molecule has 4 rings (SSSR count). The summed E-state index contributed by atoms with van der Waals surface area (Å²) in [4.78, 5) is 16.8. The minimum Gasteiger partial charge on any atom is -0.463 e. The zero-order valence-corrected chi connectivity index (χ0v) is 16.5. The third kappa shape index (κ3) is 4.05. The van der Waals surface area contributed by atoms with Crippen LogP contribution in [-0.4, -0.2) is 20.7 Å². The molecule has 0 radical (unpaired) electrons. The summed E-state index contributed by atoms with van der Waals surface area (Å²) >= 11 is 0. The van der Waals surface area contributed by atoms with Gasteiger partial charge in [0.15, 0.2) is 11.4 Å². The lowest BCUT2D eigenvalue weighted by Crippen LogP contribution is -2.22. The zero-order valence-electron chi connectivity index (χ0n) is 16.5. The van der Waals surface area contributed by atoms with Crippen LogP contribution < -0.4 is 5.32 Å². The second-order valence-electron chi connectivity index (χ2n) is 6.91. The van der Waals surface area contributed by atoms with Crippen molar-refractivity contribution in [2.75, 3.05) is 5.32 Å². The quantitative estimate of drug-likeness (QED) is 0.402. The van der Waals surface area contributed by atoms with Crippen molar-refractivity contribution in [3.05, 3.63) is 65.5 Å². The van der Waals surface area contributed by atoms with Crippen molar-refractivity contribution in [1.82, 2.24) is 14.8 Å². The van der Waals surface area contributed by atoms with Gasteiger partial charge in [-0.3, -0.25) is 4.79 Å². The first kappa shape index (κ1) is 21.5. The van der Waals surface area contributed by atoms with Crippen LogP contribution in [0.25, 0.3) is 22.5 Å². The number of amides is 1. The lowest BCUT2D eigenvalue weighted by Gasteiger charge is -2.13. The van der Waals surface area contributed by atoms with Crippen LogP contribution in [0.2, 0.25) is 0 Å². The van der Waals surface area contributed by atoms with Crippen molar-refractivity contribution in [1.29, 1.82) is 0 Å². The van der Waals surface area contributed by atoms with E-state index in [0.29, 0.717) is 0 Å². The highest BCUT2D eigenvalue weighted by Gasteiger charge is 2.33. The molecule has 0 aliphatic carbocycles. The Hall–Kier alpha value is -3.76. The van der Waals surface area contributed by atoms with Gasteiger partial charge in [-0.05, 0) is 37.3 Å². The van der Waals surface area contributed by atoms with Crippen molar-refractivity contribution in [3.8, 4) is 11.5 Å². The van der Waals surface area contributed by atoms with Gasteiger partial charge in [-0.2, -0.15) is 18.3 Å². The van der Waals surface area contributed by atoms with Crippen molar-refractivity contribution in [2.45, 2.75) is 26.1 Å². The molecule has 1 amide bonds. The molecule has 1 N–H and O–H groups in total. The molecule has 32 heavy (non-hydrogen) atoms. The molecule has 0 fully saturated rings. The van der Waals surface area contributed by atoms with Gasteiger partial charge in [0, 0.05) is 5.56 Å². The van der Waals surface area contributed by atoms with Crippen LogP contribution in [-0.2, 0) is 17.5 Å². The molecule has 0 saturated heterocycles. The van der Waals surface area contributed by atoms with Gasteiger partial charge in [0.05, 0.1) is 28.6 Å². The number of benzene rings is 1. The smallest absolute Gasteiger partial charge is 0.418 e. The SMILES string of the molecule is Cc1nn(CC(=O)Nc2ccccc2C(F)(F)F)c2nc(-c3ccco3)cc(C(F)F)c12. The zero-order chi connectivity index (χ0) is 23.0. The maximum atomic E-state index is 13.7. The molecule has 1 aromatic carbocycles. The summed E-state index contributed by atoms with van der Waals surface area (Å²) < 4.78 is 73.3. The highest BCUT2D eigenvalue weighted by Crippen LogP contribution is 2.35. The van der Waals surface area contributed by atoms with Crippen LogP contribution >= 0.6 is 0 Å². The number of rotatable bonds is 5. The molecule has 0 atom stereocenters. The van der Waals surface area contributed by atoms with Gasteiger partial charge in [-0.25, -0.2) is 18.4 Å². The number of hydrogen-bond acceptors (Lipinski definition) is 4. The van der Waals surface area contributed by atoms with Crippen LogP contribution in [0.3, 0.4) is 0 Å². The molecule has 6 nitrogen and oxygen atoms in total. The maximum absolute atomic E-state index is 13.7. The Morgan fingerprint density at radius 3 is 2.59 bits per heavy atom. The van der Waals surface area contributed by atoms with Crippen molar-refractivity contribution in [2.24, 2.45) is 0 Å².